The van der Waals surface area contributed by atoms with Crippen LogP contribution in [0.4, 0.5) is 0 Å². The summed E-state index contributed by atoms with van der Waals surface area (Å²) in [6, 6.07) is 8.41. The molecule has 2 aromatic rings. The van der Waals surface area contributed by atoms with Crippen molar-refractivity contribution in [2.75, 3.05) is 0 Å². The first-order valence-corrected chi connectivity index (χ1v) is 6.42. The first kappa shape index (κ1) is 11.5. The second-order valence-corrected chi connectivity index (χ2v) is 5.04. The Hall–Kier alpha value is -1.61. The van der Waals surface area contributed by atoms with E-state index in [0.717, 1.165) is 36.6 Å². The van der Waals surface area contributed by atoms with Crippen molar-refractivity contribution in [3.63, 3.8) is 0 Å². The van der Waals surface area contributed by atoms with Crippen molar-refractivity contribution in [2.24, 2.45) is 0 Å². The maximum atomic E-state index is 9.60. The van der Waals surface area contributed by atoms with Gasteiger partial charge in [0, 0.05) is 19.3 Å². The van der Waals surface area contributed by atoms with E-state index in [0.29, 0.717) is 6.42 Å². The summed E-state index contributed by atoms with van der Waals surface area (Å²) in [5, 5.41) is 9.60. The number of benzene rings is 1. The van der Waals surface area contributed by atoms with Crippen molar-refractivity contribution >= 4 is 0 Å². The van der Waals surface area contributed by atoms with Crippen LogP contribution >= 0.6 is 0 Å². The SMILES string of the molecule is Cc1ccc(Cc2nc3c(o2)CCC(O)C3)cc1. The number of rotatable bonds is 2. The summed E-state index contributed by atoms with van der Waals surface area (Å²) in [5.74, 6) is 1.72. The van der Waals surface area contributed by atoms with Crippen LogP contribution in [0.2, 0.25) is 0 Å². The van der Waals surface area contributed by atoms with Crippen LogP contribution < -0.4 is 0 Å². The van der Waals surface area contributed by atoms with E-state index in [1.807, 2.05) is 0 Å². The second kappa shape index (κ2) is 4.58. The zero-order valence-electron chi connectivity index (χ0n) is 10.5. The van der Waals surface area contributed by atoms with Crippen LogP contribution in [0.3, 0.4) is 0 Å². The van der Waals surface area contributed by atoms with Crippen LogP contribution in [0.1, 0.15) is 34.9 Å². The Morgan fingerprint density at radius 3 is 2.89 bits per heavy atom. The molecule has 94 valence electrons. The van der Waals surface area contributed by atoms with Gasteiger partial charge in [-0.05, 0) is 18.9 Å². The summed E-state index contributed by atoms with van der Waals surface area (Å²) in [6.07, 6.45) is 2.69. The molecule has 0 radical (unpaired) electrons. The van der Waals surface area contributed by atoms with E-state index in [1.54, 1.807) is 0 Å². The van der Waals surface area contributed by atoms with E-state index >= 15 is 0 Å². The van der Waals surface area contributed by atoms with E-state index in [4.69, 9.17) is 4.42 Å². The summed E-state index contributed by atoms with van der Waals surface area (Å²) in [6.45, 7) is 2.08. The molecule has 0 bridgehead atoms. The minimum absolute atomic E-state index is 0.255. The number of fused-ring (bicyclic) bond motifs is 1. The van der Waals surface area contributed by atoms with Gasteiger partial charge < -0.3 is 9.52 Å². The van der Waals surface area contributed by atoms with E-state index < -0.39 is 0 Å². The van der Waals surface area contributed by atoms with Gasteiger partial charge in [-0.25, -0.2) is 4.98 Å². The minimum Gasteiger partial charge on any atom is -0.445 e. The number of aliphatic hydroxyl groups excluding tert-OH is 1. The molecule has 1 aromatic heterocycles. The highest BCUT2D eigenvalue weighted by molar-refractivity contribution is 5.24. The Labute approximate surface area is 106 Å². The van der Waals surface area contributed by atoms with E-state index in [2.05, 4.69) is 36.2 Å². The number of aliphatic hydroxyl groups is 1. The average molecular weight is 243 g/mol. The Kier molecular flexibility index (Phi) is 2.92. The minimum atomic E-state index is -0.255. The zero-order valence-corrected chi connectivity index (χ0v) is 10.5. The zero-order chi connectivity index (χ0) is 12.5. The molecule has 0 amide bonds. The van der Waals surface area contributed by atoms with Crippen LogP contribution in [0.25, 0.3) is 0 Å². The monoisotopic (exact) mass is 243 g/mol. The van der Waals surface area contributed by atoms with Gasteiger partial charge in [0.25, 0.3) is 0 Å². The number of nitrogens with zero attached hydrogens (tertiary/aromatic N) is 1. The molecule has 1 atom stereocenters. The first-order valence-electron chi connectivity index (χ1n) is 6.42. The highest BCUT2D eigenvalue weighted by Crippen LogP contribution is 2.23. The fourth-order valence-corrected chi connectivity index (χ4v) is 2.37. The summed E-state index contributed by atoms with van der Waals surface area (Å²) in [4.78, 5) is 4.49. The lowest BCUT2D eigenvalue weighted by atomic mass is 9.99. The van der Waals surface area contributed by atoms with Gasteiger partial charge in [-0.3, -0.25) is 0 Å². The molecule has 18 heavy (non-hydrogen) atoms. The molecule has 0 aliphatic heterocycles. The third-order valence-corrected chi connectivity index (χ3v) is 3.43. The van der Waals surface area contributed by atoms with Crippen molar-refractivity contribution < 1.29 is 9.52 Å². The van der Waals surface area contributed by atoms with Crippen LogP contribution in [-0.4, -0.2) is 16.2 Å². The summed E-state index contributed by atoms with van der Waals surface area (Å²) in [7, 11) is 0. The topological polar surface area (TPSA) is 46.3 Å². The molecular weight excluding hydrogens is 226 g/mol. The lowest BCUT2D eigenvalue weighted by molar-refractivity contribution is 0.153. The maximum Gasteiger partial charge on any atom is 0.199 e. The van der Waals surface area contributed by atoms with Crippen LogP contribution in [0.5, 0.6) is 0 Å². The molecule has 0 fully saturated rings. The Morgan fingerprint density at radius 2 is 2.11 bits per heavy atom. The summed E-state index contributed by atoms with van der Waals surface area (Å²) in [5.41, 5.74) is 3.41. The molecule has 0 spiro atoms. The van der Waals surface area contributed by atoms with E-state index in [1.165, 1.54) is 11.1 Å². The van der Waals surface area contributed by atoms with Crippen LogP contribution in [0.15, 0.2) is 28.7 Å². The lowest BCUT2D eigenvalue weighted by Crippen LogP contribution is -2.17. The predicted octanol–water partition coefficient (Wildman–Crippen LogP) is 2.42. The van der Waals surface area contributed by atoms with Gasteiger partial charge in [0.15, 0.2) is 5.89 Å². The predicted molar refractivity (Wildman–Crippen MR) is 68.5 cm³/mol. The third-order valence-electron chi connectivity index (χ3n) is 3.43. The lowest BCUT2D eigenvalue weighted by Gasteiger charge is -2.13. The van der Waals surface area contributed by atoms with Crippen molar-refractivity contribution in [2.45, 2.75) is 38.7 Å². The molecule has 3 rings (SSSR count). The molecule has 1 aliphatic carbocycles. The normalized spacial score (nSPS) is 18.7. The molecule has 0 saturated heterocycles. The van der Waals surface area contributed by atoms with Crippen molar-refractivity contribution in [3.8, 4) is 0 Å². The Morgan fingerprint density at radius 1 is 1.33 bits per heavy atom. The number of aryl methyl sites for hydroxylation is 2. The largest absolute Gasteiger partial charge is 0.445 e. The maximum absolute atomic E-state index is 9.60. The van der Waals surface area contributed by atoms with Gasteiger partial charge in [0.05, 0.1) is 11.8 Å². The molecule has 1 aliphatic rings. The molecule has 3 heteroatoms. The molecule has 1 N–H and O–H groups in total. The van der Waals surface area contributed by atoms with Gasteiger partial charge in [-0.2, -0.15) is 0 Å². The average Bonchev–Trinajstić information content (AvgIpc) is 2.73. The van der Waals surface area contributed by atoms with Crippen molar-refractivity contribution in [3.05, 3.63) is 52.7 Å². The van der Waals surface area contributed by atoms with E-state index in [9.17, 15) is 5.11 Å². The second-order valence-electron chi connectivity index (χ2n) is 5.04. The quantitative estimate of drug-likeness (QED) is 0.881. The smallest absolute Gasteiger partial charge is 0.199 e. The molecule has 1 heterocycles. The van der Waals surface area contributed by atoms with Gasteiger partial charge in [-0.1, -0.05) is 29.8 Å². The van der Waals surface area contributed by atoms with Gasteiger partial charge >= 0.3 is 0 Å². The Balaban J connectivity index is 1.79. The number of oxazole rings is 1. The van der Waals surface area contributed by atoms with Crippen molar-refractivity contribution in [1.82, 2.24) is 4.98 Å². The van der Waals surface area contributed by atoms with E-state index in [-0.39, 0.29) is 6.10 Å². The fraction of sp³-hybridized carbons (Fsp3) is 0.400. The number of aromatic nitrogens is 1. The summed E-state index contributed by atoms with van der Waals surface area (Å²) >= 11 is 0. The molecule has 1 aromatic carbocycles. The Bertz CT molecular complexity index is 542. The summed E-state index contributed by atoms with van der Waals surface area (Å²) < 4.78 is 5.77. The van der Waals surface area contributed by atoms with Gasteiger partial charge in [0.1, 0.15) is 5.76 Å². The van der Waals surface area contributed by atoms with Crippen LogP contribution in [0, 0.1) is 6.92 Å². The molecule has 3 nitrogen and oxygen atoms in total. The van der Waals surface area contributed by atoms with Gasteiger partial charge in [0.2, 0.25) is 0 Å². The standard InChI is InChI=1S/C15H17NO2/c1-10-2-4-11(5-3-10)8-15-16-13-9-12(17)6-7-14(13)18-15/h2-5,12,17H,6-9H2,1H3. The third kappa shape index (κ3) is 2.31. The van der Waals surface area contributed by atoms with Crippen molar-refractivity contribution in [1.29, 1.82) is 0 Å². The number of hydrogen-bond acceptors (Lipinski definition) is 3. The molecule has 0 saturated carbocycles. The van der Waals surface area contributed by atoms with Crippen LogP contribution in [-0.2, 0) is 19.3 Å². The first-order chi connectivity index (χ1) is 8.70. The molecular formula is C15H17NO2. The molecule has 1 unspecified atom stereocenters. The highest BCUT2D eigenvalue weighted by Gasteiger charge is 2.22. The fourth-order valence-electron chi connectivity index (χ4n) is 2.37. The van der Waals surface area contributed by atoms with Gasteiger partial charge in [-0.15, -0.1) is 0 Å². The number of hydrogen-bond donors (Lipinski definition) is 1. The highest BCUT2D eigenvalue weighted by atomic mass is 16.4.